The lowest BCUT2D eigenvalue weighted by atomic mass is 10.2. The van der Waals surface area contributed by atoms with Crippen LogP contribution in [0.5, 0.6) is 5.75 Å². The van der Waals surface area contributed by atoms with Gasteiger partial charge in [0, 0.05) is 19.7 Å². The molecule has 1 aromatic heterocycles. The first-order valence-electron chi connectivity index (χ1n) is 5.84. The van der Waals surface area contributed by atoms with Crippen LogP contribution in [-0.4, -0.2) is 16.4 Å². The average molecular weight is 241 g/mol. The predicted molar refractivity (Wildman–Crippen MR) is 68.2 cm³/mol. The summed E-state index contributed by atoms with van der Waals surface area (Å²) < 4.78 is 7.42. The van der Waals surface area contributed by atoms with Crippen molar-refractivity contribution in [3.05, 3.63) is 47.8 Å². The fraction of sp³-hybridized carbons (Fsp3) is 0.286. The van der Waals surface area contributed by atoms with Gasteiger partial charge >= 0.3 is 0 Å². The van der Waals surface area contributed by atoms with Gasteiger partial charge in [-0.15, -0.1) is 0 Å². The van der Waals surface area contributed by atoms with Crippen molar-refractivity contribution < 1.29 is 4.74 Å². The monoisotopic (exact) mass is 241 g/mol. The van der Waals surface area contributed by atoms with Gasteiger partial charge in [0.05, 0.1) is 25.3 Å². The van der Waals surface area contributed by atoms with Gasteiger partial charge in [-0.1, -0.05) is 12.1 Å². The van der Waals surface area contributed by atoms with Gasteiger partial charge in [-0.2, -0.15) is 10.4 Å². The molecule has 1 aromatic carbocycles. The zero-order valence-electron chi connectivity index (χ0n) is 10.3. The third kappa shape index (κ3) is 3.36. The van der Waals surface area contributed by atoms with E-state index >= 15 is 0 Å². The molecule has 0 amide bonds. The van der Waals surface area contributed by atoms with Crippen LogP contribution in [0.25, 0.3) is 0 Å². The maximum absolute atomic E-state index is 8.57. The highest BCUT2D eigenvalue weighted by Crippen LogP contribution is 2.12. The number of aromatic nitrogens is 2. The van der Waals surface area contributed by atoms with Crippen LogP contribution < -0.4 is 4.74 Å². The molecular formula is C14H15N3O. The summed E-state index contributed by atoms with van der Waals surface area (Å²) in [6, 6.07) is 9.76. The molecular weight excluding hydrogens is 226 g/mol. The van der Waals surface area contributed by atoms with Crippen LogP contribution >= 0.6 is 0 Å². The Balaban J connectivity index is 1.81. The first-order valence-corrected chi connectivity index (χ1v) is 5.84. The van der Waals surface area contributed by atoms with E-state index < -0.39 is 0 Å². The van der Waals surface area contributed by atoms with E-state index in [1.165, 1.54) is 5.56 Å². The Morgan fingerprint density at radius 2 is 2.06 bits per heavy atom. The van der Waals surface area contributed by atoms with Gasteiger partial charge in [0.25, 0.3) is 0 Å². The molecule has 0 aliphatic heterocycles. The highest BCUT2D eigenvalue weighted by Gasteiger charge is 1.98. The van der Waals surface area contributed by atoms with Gasteiger partial charge in [-0.25, -0.2) is 0 Å². The SMILES string of the molecule is Cn1cc(CCOc2ccc(CC#N)cc2)cn1. The van der Waals surface area contributed by atoms with Crippen LogP contribution in [0, 0.1) is 11.3 Å². The van der Waals surface area contributed by atoms with Crippen LogP contribution in [-0.2, 0) is 19.9 Å². The molecule has 0 saturated carbocycles. The summed E-state index contributed by atoms with van der Waals surface area (Å²) in [5.41, 5.74) is 2.18. The average Bonchev–Trinajstić information content (AvgIpc) is 2.78. The molecule has 0 atom stereocenters. The molecule has 2 aromatic rings. The number of hydrogen-bond acceptors (Lipinski definition) is 3. The summed E-state index contributed by atoms with van der Waals surface area (Å²) in [6.45, 7) is 0.628. The fourth-order valence-corrected chi connectivity index (χ4v) is 1.68. The quantitative estimate of drug-likeness (QED) is 0.805. The lowest BCUT2D eigenvalue weighted by Crippen LogP contribution is -2.00. The molecule has 0 unspecified atom stereocenters. The van der Waals surface area contributed by atoms with E-state index in [9.17, 15) is 0 Å². The summed E-state index contributed by atoms with van der Waals surface area (Å²) in [5, 5.41) is 12.7. The summed E-state index contributed by atoms with van der Waals surface area (Å²) >= 11 is 0. The number of rotatable bonds is 5. The van der Waals surface area contributed by atoms with Crippen molar-refractivity contribution >= 4 is 0 Å². The summed E-state index contributed by atoms with van der Waals surface area (Å²) in [7, 11) is 1.90. The molecule has 2 rings (SSSR count). The molecule has 0 bridgehead atoms. The van der Waals surface area contributed by atoms with E-state index in [4.69, 9.17) is 10.00 Å². The fourth-order valence-electron chi connectivity index (χ4n) is 1.68. The topological polar surface area (TPSA) is 50.8 Å². The van der Waals surface area contributed by atoms with Crippen molar-refractivity contribution in [2.45, 2.75) is 12.8 Å². The lowest BCUT2D eigenvalue weighted by Gasteiger charge is -2.05. The minimum Gasteiger partial charge on any atom is -0.493 e. The Hall–Kier alpha value is -2.28. The van der Waals surface area contributed by atoms with Gasteiger partial charge in [-0.05, 0) is 23.3 Å². The third-order valence-corrected chi connectivity index (χ3v) is 2.62. The maximum Gasteiger partial charge on any atom is 0.119 e. The highest BCUT2D eigenvalue weighted by atomic mass is 16.5. The number of nitrogens with zero attached hydrogens (tertiary/aromatic N) is 3. The van der Waals surface area contributed by atoms with E-state index in [1.54, 1.807) is 4.68 Å². The molecule has 0 fully saturated rings. The Kier molecular flexibility index (Phi) is 3.98. The predicted octanol–water partition coefficient (Wildman–Crippen LogP) is 2.11. The van der Waals surface area contributed by atoms with Crippen LogP contribution in [0.4, 0.5) is 0 Å². The molecule has 0 N–H and O–H groups in total. The van der Waals surface area contributed by atoms with E-state index in [0.717, 1.165) is 17.7 Å². The van der Waals surface area contributed by atoms with E-state index in [2.05, 4.69) is 11.2 Å². The number of nitriles is 1. The van der Waals surface area contributed by atoms with Gasteiger partial charge in [0.1, 0.15) is 5.75 Å². The van der Waals surface area contributed by atoms with Crippen LogP contribution in [0.1, 0.15) is 11.1 Å². The summed E-state index contributed by atoms with van der Waals surface area (Å²) in [5.74, 6) is 0.834. The van der Waals surface area contributed by atoms with Gasteiger partial charge < -0.3 is 4.74 Å². The highest BCUT2D eigenvalue weighted by molar-refractivity contribution is 5.28. The molecule has 1 heterocycles. The smallest absolute Gasteiger partial charge is 0.119 e. The summed E-state index contributed by atoms with van der Waals surface area (Å²) in [6.07, 6.45) is 5.11. The van der Waals surface area contributed by atoms with Gasteiger partial charge in [0.15, 0.2) is 0 Å². The molecule has 4 nitrogen and oxygen atoms in total. The molecule has 0 radical (unpaired) electrons. The molecule has 18 heavy (non-hydrogen) atoms. The van der Waals surface area contributed by atoms with E-state index in [-0.39, 0.29) is 0 Å². The van der Waals surface area contributed by atoms with Crippen LogP contribution in [0.15, 0.2) is 36.7 Å². The lowest BCUT2D eigenvalue weighted by molar-refractivity contribution is 0.322. The minimum atomic E-state index is 0.440. The Bertz CT molecular complexity index is 537. The van der Waals surface area contributed by atoms with Gasteiger partial charge in [-0.3, -0.25) is 4.68 Å². The Labute approximate surface area is 106 Å². The van der Waals surface area contributed by atoms with Crippen molar-refractivity contribution in [1.82, 2.24) is 9.78 Å². The zero-order chi connectivity index (χ0) is 12.8. The Morgan fingerprint density at radius 3 is 2.67 bits per heavy atom. The largest absolute Gasteiger partial charge is 0.493 e. The van der Waals surface area contributed by atoms with Crippen LogP contribution in [0.2, 0.25) is 0 Å². The third-order valence-electron chi connectivity index (χ3n) is 2.62. The molecule has 0 saturated heterocycles. The number of benzene rings is 1. The molecule has 0 aliphatic carbocycles. The molecule has 4 heteroatoms. The zero-order valence-corrected chi connectivity index (χ0v) is 10.3. The van der Waals surface area contributed by atoms with Crippen molar-refractivity contribution in [3.8, 4) is 11.8 Å². The van der Waals surface area contributed by atoms with Crippen LogP contribution in [0.3, 0.4) is 0 Å². The second-order valence-corrected chi connectivity index (χ2v) is 4.10. The van der Waals surface area contributed by atoms with E-state index in [0.29, 0.717) is 13.0 Å². The minimum absolute atomic E-state index is 0.440. The molecule has 0 aliphatic rings. The van der Waals surface area contributed by atoms with Crippen molar-refractivity contribution in [2.75, 3.05) is 6.61 Å². The van der Waals surface area contributed by atoms with Crippen molar-refractivity contribution in [3.63, 3.8) is 0 Å². The van der Waals surface area contributed by atoms with Crippen molar-refractivity contribution in [1.29, 1.82) is 5.26 Å². The second kappa shape index (κ2) is 5.87. The van der Waals surface area contributed by atoms with Crippen molar-refractivity contribution in [2.24, 2.45) is 7.05 Å². The second-order valence-electron chi connectivity index (χ2n) is 4.10. The van der Waals surface area contributed by atoms with E-state index in [1.807, 2.05) is 43.7 Å². The maximum atomic E-state index is 8.57. The number of aryl methyl sites for hydroxylation is 1. The number of ether oxygens (including phenoxy) is 1. The normalized spacial score (nSPS) is 10.0. The van der Waals surface area contributed by atoms with Gasteiger partial charge in [0.2, 0.25) is 0 Å². The Morgan fingerprint density at radius 1 is 1.28 bits per heavy atom. The number of hydrogen-bond donors (Lipinski definition) is 0. The molecule has 92 valence electrons. The summed E-state index contributed by atoms with van der Waals surface area (Å²) in [4.78, 5) is 0. The first-order chi connectivity index (χ1) is 8.78. The standard InChI is InChI=1S/C14H15N3O/c1-17-11-13(10-16-17)7-9-18-14-4-2-12(3-5-14)6-8-15/h2-5,10-11H,6-7,9H2,1H3. The first kappa shape index (κ1) is 12.2. The molecule has 0 spiro atoms.